The summed E-state index contributed by atoms with van der Waals surface area (Å²) < 4.78 is 5.33. The second-order valence-corrected chi connectivity index (χ2v) is 5.08. The standard InChI is InChI=1S/C14H18N2O2/c17-14-9-18-13-6-5-11(7-12(13)16-14)15-8-10-3-1-2-4-10/h5-7,10,15H,1-4,8-9H2,(H,16,17). The summed E-state index contributed by atoms with van der Waals surface area (Å²) in [7, 11) is 0. The zero-order valence-corrected chi connectivity index (χ0v) is 10.4. The molecule has 96 valence electrons. The number of anilines is 2. The van der Waals surface area contributed by atoms with E-state index in [1.807, 2.05) is 18.2 Å². The minimum absolute atomic E-state index is 0.0876. The Kier molecular flexibility index (Phi) is 3.09. The van der Waals surface area contributed by atoms with Crippen molar-refractivity contribution in [2.24, 2.45) is 5.92 Å². The van der Waals surface area contributed by atoms with Gasteiger partial charge >= 0.3 is 0 Å². The van der Waals surface area contributed by atoms with Gasteiger partial charge in [-0.25, -0.2) is 0 Å². The van der Waals surface area contributed by atoms with Gasteiger partial charge in [-0.15, -0.1) is 0 Å². The summed E-state index contributed by atoms with van der Waals surface area (Å²) in [5, 5.41) is 6.27. The molecule has 1 aliphatic carbocycles. The van der Waals surface area contributed by atoms with E-state index >= 15 is 0 Å². The number of carbonyl (C=O) groups is 1. The molecule has 4 heteroatoms. The Labute approximate surface area is 107 Å². The zero-order valence-electron chi connectivity index (χ0n) is 10.4. The molecule has 4 nitrogen and oxygen atoms in total. The maximum absolute atomic E-state index is 11.2. The van der Waals surface area contributed by atoms with Crippen molar-refractivity contribution in [3.05, 3.63) is 18.2 Å². The van der Waals surface area contributed by atoms with Crippen molar-refractivity contribution in [2.75, 3.05) is 23.8 Å². The lowest BCUT2D eigenvalue weighted by Gasteiger charge is -2.19. The molecular weight excluding hydrogens is 228 g/mol. The van der Waals surface area contributed by atoms with Crippen LogP contribution in [0.15, 0.2) is 18.2 Å². The number of hydrogen-bond donors (Lipinski definition) is 2. The Morgan fingerprint density at radius 2 is 2.17 bits per heavy atom. The van der Waals surface area contributed by atoms with Crippen molar-refractivity contribution >= 4 is 17.3 Å². The van der Waals surface area contributed by atoms with Crippen LogP contribution < -0.4 is 15.4 Å². The molecule has 1 amide bonds. The maximum Gasteiger partial charge on any atom is 0.262 e. The summed E-state index contributed by atoms with van der Waals surface area (Å²) in [6.45, 7) is 1.13. The molecule has 1 fully saturated rings. The van der Waals surface area contributed by atoms with E-state index < -0.39 is 0 Å². The second-order valence-electron chi connectivity index (χ2n) is 5.08. The topological polar surface area (TPSA) is 50.4 Å². The first-order valence-corrected chi connectivity index (χ1v) is 6.62. The van der Waals surface area contributed by atoms with Crippen molar-refractivity contribution < 1.29 is 9.53 Å². The van der Waals surface area contributed by atoms with Crippen LogP contribution in [0.3, 0.4) is 0 Å². The minimum atomic E-state index is -0.0876. The fourth-order valence-corrected chi connectivity index (χ4v) is 2.67. The van der Waals surface area contributed by atoms with Gasteiger partial charge in [0.2, 0.25) is 0 Å². The van der Waals surface area contributed by atoms with E-state index in [1.54, 1.807) is 0 Å². The second kappa shape index (κ2) is 4.88. The van der Waals surface area contributed by atoms with Gasteiger partial charge < -0.3 is 15.4 Å². The van der Waals surface area contributed by atoms with Crippen LogP contribution in [0.2, 0.25) is 0 Å². The lowest BCUT2D eigenvalue weighted by Crippen LogP contribution is -2.25. The molecule has 1 heterocycles. The predicted octanol–water partition coefficient (Wildman–Crippen LogP) is 2.62. The summed E-state index contributed by atoms with van der Waals surface area (Å²) in [5.74, 6) is 1.46. The number of carbonyl (C=O) groups excluding carboxylic acids is 1. The van der Waals surface area contributed by atoms with Crippen LogP contribution >= 0.6 is 0 Å². The summed E-state index contributed by atoms with van der Waals surface area (Å²) in [6, 6.07) is 5.86. The lowest BCUT2D eigenvalue weighted by molar-refractivity contribution is -0.118. The Hall–Kier alpha value is -1.71. The zero-order chi connectivity index (χ0) is 12.4. The molecule has 1 aromatic carbocycles. The van der Waals surface area contributed by atoms with E-state index in [9.17, 15) is 4.79 Å². The number of hydrogen-bond acceptors (Lipinski definition) is 3. The third kappa shape index (κ3) is 2.42. The van der Waals surface area contributed by atoms with Crippen LogP contribution in [0.4, 0.5) is 11.4 Å². The molecule has 0 atom stereocenters. The van der Waals surface area contributed by atoms with Crippen molar-refractivity contribution in [1.82, 2.24) is 0 Å². The van der Waals surface area contributed by atoms with Gasteiger partial charge in [0.05, 0.1) is 5.69 Å². The van der Waals surface area contributed by atoms with Gasteiger partial charge in [0.25, 0.3) is 5.91 Å². The number of amides is 1. The van der Waals surface area contributed by atoms with Crippen LogP contribution in [-0.2, 0) is 4.79 Å². The molecule has 2 aliphatic rings. The average Bonchev–Trinajstić information content (AvgIpc) is 2.89. The van der Waals surface area contributed by atoms with E-state index in [2.05, 4.69) is 10.6 Å². The molecule has 18 heavy (non-hydrogen) atoms. The van der Waals surface area contributed by atoms with Gasteiger partial charge in [-0.3, -0.25) is 4.79 Å². The normalized spacial score (nSPS) is 19.0. The van der Waals surface area contributed by atoms with Crippen LogP contribution in [0.25, 0.3) is 0 Å². The molecule has 1 saturated carbocycles. The average molecular weight is 246 g/mol. The molecule has 1 aliphatic heterocycles. The minimum Gasteiger partial charge on any atom is -0.482 e. The van der Waals surface area contributed by atoms with Crippen LogP contribution in [0.1, 0.15) is 25.7 Å². The van der Waals surface area contributed by atoms with E-state index in [-0.39, 0.29) is 12.5 Å². The molecule has 0 spiro atoms. The van der Waals surface area contributed by atoms with Crippen molar-refractivity contribution in [3.63, 3.8) is 0 Å². The molecule has 3 rings (SSSR count). The molecule has 0 aromatic heterocycles. The Morgan fingerprint density at radius 1 is 1.33 bits per heavy atom. The summed E-state index contributed by atoms with van der Waals surface area (Å²) in [6.07, 6.45) is 5.39. The summed E-state index contributed by atoms with van der Waals surface area (Å²) >= 11 is 0. The first-order valence-electron chi connectivity index (χ1n) is 6.62. The molecule has 0 saturated heterocycles. The summed E-state index contributed by atoms with van der Waals surface area (Å²) in [4.78, 5) is 11.2. The number of rotatable bonds is 3. The van der Waals surface area contributed by atoms with Gasteiger partial charge in [0, 0.05) is 12.2 Å². The Morgan fingerprint density at radius 3 is 3.00 bits per heavy atom. The van der Waals surface area contributed by atoms with Crippen molar-refractivity contribution in [1.29, 1.82) is 0 Å². The van der Waals surface area contributed by atoms with Crippen LogP contribution in [0, 0.1) is 5.92 Å². The van der Waals surface area contributed by atoms with E-state index in [4.69, 9.17) is 4.74 Å². The van der Waals surface area contributed by atoms with Crippen molar-refractivity contribution in [2.45, 2.75) is 25.7 Å². The monoisotopic (exact) mass is 246 g/mol. The smallest absolute Gasteiger partial charge is 0.262 e. The number of benzene rings is 1. The third-order valence-corrected chi connectivity index (χ3v) is 3.68. The van der Waals surface area contributed by atoms with Gasteiger partial charge in [-0.1, -0.05) is 12.8 Å². The number of ether oxygens (including phenoxy) is 1. The third-order valence-electron chi connectivity index (χ3n) is 3.68. The first kappa shape index (κ1) is 11.4. The highest BCUT2D eigenvalue weighted by molar-refractivity contribution is 5.95. The first-order chi connectivity index (χ1) is 8.81. The molecule has 2 N–H and O–H groups in total. The van der Waals surface area contributed by atoms with Gasteiger partial charge in [-0.2, -0.15) is 0 Å². The molecule has 0 bridgehead atoms. The highest BCUT2D eigenvalue weighted by Gasteiger charge is 2.17. The molecule has 1 aromatic rings. The van der Waals surface area contributed by atoms with Gasteiger partial charge in [-0.05, 0) is 37.0 Å². The predicted molar refractivity (Wildman–Crippen MR) is 71.0 cm³/mol. The maximum atomic E-state index is 11.2. The lowest BCUT2D eigenvalue weighted by atomic mass is 10.1. The van der Waals surface area contributed by atoms with E-state index in [1.165, 1.54) is 25.7 Å². The number of nitrogens with one attached hydrogen (secondary N) is 2. The largest absolute Gasteiger partial charge is 0.482 e. The molecule has 0 unspecified atom stereocenters. The Bertz CT molecular complexity index is 453. The number of fused-ring (bicyclic) bond motifs is 1. The van der Waals surface area contributed by atoms with E-state index in [0.717, 1.165) is 29.6 Å². The van der Waals surface area contributed by atoms with Gasteiger partial charge in [0.15, 0.2) is 6.61 Å². The SMILES string of the molecule is O=C1COc2ccc(NCC3CCCC3)cc2N1. The highest BCUT2D eigenvalue weighted by Crippen LogP contribution is 2.31. The van der Waals surface area contributed by atoms with Crippen LogP contribution in [0.5, 0.6) is 5.75 Å². The Balaban J connectivity index is 1.65. The van der Waals surface area contributed by atoms with E-state index in [0.29, 0.717) is 0 Å². The molecule has 0 radical (unpaired) electrons. The van der Waals surface area contributed by atoms with Gasteiger partial charge in [0.1, 0.15) is 5.75 Å². The summed E-state index contributed by atoms with van der Waals surface area (Å²) in [5.41, 5.74) is 1.81. The van der Waals surface area contributed by atoms with Crippen molar-refractivity contribution in [3.8, 4) is 5.75 Å². The van der Waals surface area contributed by atoms with Crippen LogP contribution in [-0.4, -0.2) is 19.1 Å². The highest BCUT2D eigenvalue weighted by atomic mass is 16.5. The molecular formula is C14H18N2O2. The quantitative estimate of drug-likeness (QED) is 0.862. The fourth-order valence-electron chi connectivity index (χ4n) is 2.67. The fraction of sp³-hybridized carbons (Fsp3) is 0.500.